The molecule has 0 amide bonds. The molecule has 90 valence electrons. The van der Waals surface area contributed by atoms with Crippen molar-refractivity contribution in [3.8, 4) is 0 Å². The van der Waals surface area contributed by atoms with Crippen LogP contribution in [0.1, 0.15) is 17.9 Å². The normalized spacial score (nSPS) is 10.6. The first kappa shape index (κ1) is 13.0. The summed E-state index contributed by atoms with van der Waals surface area (Å²) in [5, 5.41) is 12.0. The summed E-state index contributed by atoms with van der Waals surface area (Å²) in [4.78, 5) is 0. The lowest BCUT2D eigenvalue weighted by molar-refractivity contribution is 0.140. The van der Waals surface area contributed by atoms with Gasteiger partial charge in [0.1, 0.15) is 18.1 Å². The second kappa shape index (κ2) is 8.10. The van der Waals surface area contributed by atoms with Gasteiger partial charge in [0.25, 0.3) is 0 Å². The number of aliphatic hydroxyl groups is 1. The van der Waals surface area contributed by atoms with Gasteiger partial charge < -0.3 is 19.6 Å². The molecule has 0 fully saturated rings. The number of rotatable bonds is 9. The molecule has 0 unspecified atom stereocenters. The molecule has 16 heavy (non-hydrogen) atoms. The maximum absolute atomic E-state index is 8.80. The molecule has 0 atom stereocenters. The van der Waals surface area contributed by atoms with E-state index in [-0.39, 0.29) is 6.61 Å². The van der Waals surface area contributed by atoms with Gasteiger partial charge in [0.2, 0.25) is 0 Å². The van der Waals surface area contributed by atoms with Crippen LogP contribution in [0, 0.1) is 0 Å². The Morgan fingerprint density at radius 1 is 1.38 bits per heavy atom. The number of hydrogen-bond donors (Lipinski definition) is 2. The molecule has 4 nitrogen and oxygen atoms in total. The Balaban J connectivity index is 2.00. The predicted octanol–water partition coefficient (Wildman–Crippen LogP) is 1.45. The molecule has 1 heterocycles. The van der Waals surface area contributed by atoms with Crippen molar-refractivity contribution in [2.45, 2.75) is 19.6 Å². The fourth-order valence-corrected chi connectivity index (χ4v) is 1.23. The first-order valence-corrected chi connectivity index (χ1v) is 5.44. The largest absolute Gasteiger partial charge is 0.462 e. The second-order valence-electron chi connectivity index (χ2n) is 3.39. The molecule has 0 radical (unpaired) electrons. The van der Waals surface area contributed by atoms with Crippen LogP contribution in [0.25, 0.3) is 0 Å². The lowest BCUT2D eigenvalue weighted by Crippen LogP contribution is -2.19. The first-order chi connectivity index (χ1) is 7.86. The Morgan fingerprint density at radius 2 is 2.19 bits per heavy atom. The quantitative estimate of drug-likeness (QED) is 0.493. The van der Waals surface area contributed by atoms with E-state index in [0.29, 0.717) is 18.9 Å². The van der Waals surface area contributed by atoms with Crippen LogP contribution >= 0.6 is 0 Å². The van der Waals surface area contributed by atoms with Crippen molar-refractivity contribution in [1.82, 2.24) is 5.32 Å². The molecule has 0 aromatic carbocycles. The van der Waals surface area contributed by atoms with Crippen LogP contribution in [-0.4, -0.2) is 24.9 Å². The highest BCUT2D eigenvalue weighted by molar-refractivity contribution is 5.05. The zero-order valence-corrected chi connectivity index (χ0v) is 9.45. The summed E-state index contributed by atoms with van der Waals surface area (Å²) in [7, 11) is 0. The average Bonchev–Trinajstić information content (AvgIpc) is 2.76. The molecular formula is C12H19NO3. The van der Waals surface area contributed by atoms with E-state index >= 15 is 0 Å². The van der Waals surface area contributed by atoms with Crippen LogP contribution in [-0.2, 0) is 17.9 Å². The van der Waals surface area contributed by atoms with Crippen LogP contribution in [0.15, 0.2) is 29.2 Å². The van der Waals surface area contributed by atoms with Gasteiger partial charge in [0, 0.05) is 6.54 Å². The molecular weight excluding hydrogens is 206 g/mol. The average molecular weight is 225 g/mol. The molecule has 4 heteroatoms. The van der Waals surface area contributed by atoms with Crippen molar-refractivity contribution in [3.05, 3.63) is 36.3 Å². The lowest BCUT2D eigenvalue weighted by Gasteiger charge is -2.03. The Labute approximate surface area is 95.9 Å². The molecule has 2 N–H and O–H groups in total. The smallest absolute Gasteiger partial charge is 0.129 e. The van der Waals surface area contributed by atoms with E-state index in [1.165, 1.54) is 0 Å². The van der Waals surface area contributed by atoms with Gasteiger partial charge in [-0.25, -0.2) is 0 Å². The molecule has 0 aliphatic carbocycles. The molecule has 0 aliphatic heterocycles. The highest BCUT2D eigenvalue weighted by atomic mass is 16.5. The zero-order chi connectivity index (χ0) is 11.6. The van der Waals surface area contributed by atoms with Gasteiger partial charge in [-0.05, 0) is 18.6 Å². The topological polar surface area (TPSA) is 54.6 Å². The van der Waals surface area contributed by atoms with Crippen molar-refractivity contribution in [3.63, 3.8) is 0 Å². The summed E-state index contributed by atoms with van der Waals surface area (Å²) in [6, 6.07) is 3.63. The Kier molecular flexibility index (Phi) is 6.56. The molecule has 0 saturated heterocycles. The number of hydrogen-bond acceptors (Lipinski definition) is 4. The van der Waals surface area contributed by atoms with Gasteiger partial charge >= 0.3 is 0 Å². The van der Waals surface area contributed by atoms with Gasteiger partial charge in [-0.2, -0.15) is 0 Å². The van der Waals surface area contributed by atoms with Gasteiger partial charge in [0.05, 0.1) is 19.8 Å². The summed E-state index contributed by atoms with van der Waals surface area (Å²) in [6.45, 7) is 6.41. The van der Waals surface area contributed by atoms with Crippen LogP contribution in [0.4, 0.5) is 0 Å². The van der Waals surface area contributed by atoms with E-state index in [1.807, 2.05) is 12.1 Å². The van der Waals surface area contributed by atoms with Crippen molar-refractivity contribution < 1.29 is 14.3 Å². The maximum atomic E-state index is 8.80. The van der Waals surface area contributed by atoms with Gasteiger partial charge in [0.15, 0.2) is 0 Å². The number of ether oxygens (including phenoxy) is 1. The van der Waals surface area contributed by atoms with Crippen molar-refractivity contribution in [2.75, 3.05) is 19.8 Å². The first-order valence-electron chi connectivity index (χ1n) is 5.44. The fourth-order valence-electron chi connectivity index (χ4n) is 1.23. The third-order valence-corrected chi connectivity index (χ3v) is 2.06. The van der Waals surface area contributed by atoms with Crippen LogP contribution < -0.4 is 5.32 Å². The fraction of sp³-hybridized carbons (Fsp3) is 0.500. The number of nitrogens with one attached hydrogen (secondary N) is 1. The molecule has 0 bridgehead atoms. The third-order valence-electron chi connectivity index (χ3n) is 2.06. The maximum Gasteiger partial charge on any atom is 0.129 e. The van der Waals surface area contributed by atoms with E-state index in [9.17, 15) is 0 Å². The monoisotopic (exact) mass is 225 g/mol. The number of aliphatic hydroxyl groups excluding tert-OH is 1. The van der Waals surface area contributed by atoms with Gasteiger partial charge in [-0.3, -0.25) is 0 Å². The SMILES string of the molecule is C=CCCOCCNCc1ccc(CO)o1. The standard InChI is InChI=1S/C12H19NO3/c1-2-3-7-15-8-6-13-9-11-4-5-12(10-14)16-11/h2,4-5,13-14H,1,3,6-10H2. The number of furan rings is 1. The van der Waals surface area contributed by atoms with Crippen LogP contribution in [0.5, 0.6) is 0 Å². The van der Waals surface area contributed by atoms with E-state index < -0.39 is 0 Å². The van der Waals surface area contributed by atoms with E-state index in [0.717, 1.165) is 25.3 Å². The van der Waals surface area contributed by atoms with Crippen molar-refractivity contribution in [2.24, 2.45) is 0 Å². The lowest BCUT2D eigenvalue weighted by atomic mass is 10.4. The molecule has 0 spiro atoms. The highest BCUT2D eigenvalue weighted by Gasteiger charge is 1.99. The molecule has 1 aromatic rings. The van der Waals surface area contributed by atoms with E-state index in [2.05, 4.69) is 11.9 Å². The molecule has 1 aromatic heterocycles. The van der Waals surface area contributed by atoms with Crippen LogP contribution in [0.3, 0.4) is 0 Å². The van der Waals surface area contributed by atoms with Crippen molar-refractivity contribution >= 4 is 0 Å². The minimum atomic E-state index is -0.0509. The zero-order valence-electron chi connectivity index (χ0n) is 9.45. The predicted molar refractivity (Wildman–Crippen MR) is 62.0 cm³/mol. The second-order valence-corrected chi connectivity index (χ2v) is 3.39. The summed E-state index contributed by atoms with van der Waals surface area (Å²) >= 11 is 0. The minimum Gasteiger partial charge on any atom is -0.462 e. The summed E-state index contributed by atoms with van der Waals surface area (Å²) in [5.41, 5.74) is 0. The Morgan fingerprint density at radius 3 is 2.88 bits per heavy atom. The summed E-state index contributed by atoms with van der Waals surface area (Å²) < 4.78 is 10.6. The molecule has 0 saturated carbocycles. The summed E-state index contributed by atoms with van der Waals surface area (Å²) in [5.74, 6) is 1.43. The van der Waals surface area contributed by atoms with Gasteiger partial charge in [-0.1, -0.05) is 6.08 Å². The van der Waals surface area contributed by atoms with Crippen molar-refractivity contribution in [1.29, 1.82) is 0 Å². The highest BCUT2D eigenvalue weighted by Crippen LogP contribution is 2.06. The molecule has 1 rings (SSSR count). The Hall–Kier alpha value is -1.10. The van der Waals surface area contributed by atoms with E-state index in [4.69, 9.17) is 14.3 Å². The minimum absolute atomic E-state index is 0.0509. The van der Waals surface area contributed by atoms with Gasteiger partial charge in [-0.15, -0.1) is 6.58 Å². The van der Waals surface area contributed by atoms with E-state index in [1.54, 1.807) is 6.07 Å². The molecule has 0 aliphatic rings. The van der Waals surface area contributed by atoms with Crippen LogP contribution in [0.2, 0.25) is 0 Å². The third kappa shape index (κ3) is 5.11. The summed E-state index contributed by atoms with van der Waals surface area (Å²) in [6.07, 6.45) is 2.73. The Bertz CT molecular complexity index is 296.